The van der Waals surface area contributed by atoms with E-state index in [1.165, 1.54) is 22.7 Å². The molecule has 2 heterocycles. The molecule has 0 aromatic carbocycles. The fourth-order valence-electron chi connectivity index (χ4n) is 1.96. The van der Waals surface area contributed by atoms with Gasteiger partial charge in [0.25, 0.3) is 11.8 Å². The van der Waals surface area contributed by atoms with Gasteiger partial charge >= 0.3 is 0 Å². The number of nitrogens with one attached hydrogen (secondary N) is 2. The quantitative estimate of drug-likeness (QED) is 0.814. The molecule has 2 rings (SSSR count). The monoisotopic (exact) mass is 338 g/mol. The Morgan fingerprint density at radius 2 is 1.73 bits per heavy atom. The smallest absolute Gasteiger partial charge is 0.261 e. The normalized spacial score (nSPS) is 13.4. The minimum absolute atomic E-state index is 0.150. The van der Waals surface area contributed by atoms with Crippen LogP contribution >= 0.6 is 22.7 Å². The fraction of sp³-hybridized carbons (Fsp3) is 0.333. The SMILES string of the molecule is COCC(C)(CNC(=O)c1cccs1)NC(=O)c1cccs1. The maximum Gasteiger partial charge on any atom is 0.261 e. The van der Waals surface area contributed by atoms with E-state index in [2.05, 4.69) is 10.6 Å². The molecule has 1 unspecified atom stereocenters. The Morgan fingerprint density at radius 1 is 1.14 bits per heavy atom. The summed E-state index contributed by atoms with van der Waals surface area (Å²) in [6.07, 6.45) is 0. The zero-order chi connectivity index (χ0) is 16.0. The summed E-state index contributed by atoms with van der Waals surface area (Å²) in [7, 11) is 1.57. The molecule has 2 aromatic heterocycles. The van der Waals surface area contributed by atoms with Crippen molar-refractivity contribution in [2.75, 3.05) is 20.3 Å². The molecule has 2 N–H and O–H groups in total. The summed E-state index contributed by atoms with van der Waals surface area (Å²) in [5.41, 5.74) is -0.678. The summed E-state index contributed by atoms with van der Waals surface area (Å²) in [4.78, 5) is 25.5. The van der Waals surface area contributed by atoms with Crippen LogP contribution < -0.4 is 10.6 Å². The van der Waals surface area contributed by atoms with Crippen molar-refractivity contribution in [1.82, 2.24) is 10.6 Å². The van der Waals surface area contributed by atoms with Crippen molar-refractivity contribution in [1.29, 1.82) is 0 Å². The Kier molecular flexibility index (Phi) is 5.70. The van der Waals surface area contributed by atoms with Gasteiger partial charge in [-0.2, -0.15) is 0 Å². The molecule has 0 spiro atoms. The van der Waals surface area contributed by atoms with E-state index in [9.17, 15) is 9.59 Å². The maximum atomic E-state index is 12.2. The number of rotatable bonds is 7. The van der Waals surface area contributed by atoms with E-state index in [1.807, 2.05) is 29.8 Å². The average molecular weight is 338 g/mol. The standard InChI is InChI=1S/C15H18N2O3S2/c1-15(10-20-2,17-14(19)12-6-4-8-22-12)9-16-13(18)11-5-3-7-21-11/h3-8H,9-10H2,1-2H3,(H,16,18)(H,17,19). The number of thiophene rings is 2. The van der Waals surface area contributed by atoms with Crippen LogP contribution in [0.1, 0.15) is 26.3 Å². The highest BCUT2D eigenvalue weighted by Crippen LogP contribution is 2.12. The number of amides is 2. The summed E-state index contributed by atoms with van der Waals surface area (Å²) in [6, 6.07) is 7.17. The Bertz CT molecular complexity index is 611. The second-order valence-electron chi connectivity index (χ2n) is 5.09. The number of carbonyl (C=O) groups is 2. The highest BCUT2D eigenvalue weighted by molar-refractivity contribution is 7.12. The largest absolute Gasteiger partial charge is 0.382 e. The molecule has 22 heavy (non-hydrogen) atoms. The van der Waals surface area contributed by atoms with Gasteiger partial charge in [-0.15, -0.1) is 22.7 Å². The number of methoxy groups -OCH3 is 1. The van der Waals surface area contributed by atoms with Gasteiger partial charge in [-0.1, -0.05) is 12.1 Å². The molecule has 2 aromatic rings. The van der Waals surface area contributed by atoms with E-state index >= 15 is 0 Å². The van der Waals surface area contributed by atoms with Crippen LogP contribution in [0.4, 0.5) is 0 Å². The minimum atomic E-state index is -0.678. The van der Waals surface area contributed by atoms with Crippen LogP contribution in [0.25, 0.3) is 0 Å². The van der Waals surface area contributed by atoms with Gasteiger partial charge in [-0.25, -0.2) is 0 Å². The van der Waals surface area contributed by atoms with E-state index < -0.39 is 5.54 Å². The van der Waals surface area contributed by atoms with Crippen molar-refractivity contribution in [2.24, 2.45) is 0 Å². The fourth-order valence-corrected chi connectivity index (χ4v) is 3.22. The molecule has 0 bridgehead atoms. The highest BCUT2D eigenvalue weighted by atomic mass is 32.1. The first-order valence-electron chi connectivity index (χ1n) is 6.71. The Labute approximate surface area is 137 Å². The molecule has 1 atom stereocenters. The predicted octanol–water partition coefficient (Wildman–Crippen LogP) is 2.37. The third-order valence-electron chi connectivity index (χ3n) is 3.01. The van der Waals surface area contributed by atoms with Gasteiger partial charge in [-0.3, -0.25) is 9.59 Å². The Hall–Kier alpha value is -1.70. The van der Waals surface area contributed by atoms with E-state index in [0.29, 0.717) is 16.4 Å². The van der Waals surface area contributed by atoms with Crippen molar-refractivity contribution in [2.45, 2.75) is 12.5 Å². The molecule has 2 amide bonds. The second kappa shape index (κ2) is 7.53. The lowest BCUT2D eigenvalue weighted by atomic mass is 10.0. The van der Waals surface area contributed by atoms with Crippen LogP contribution in [0.15, 0.2) is 35.0 Å². The van der Waals surface area contributed by atoms with Gasteiger partial charge < -0.3 is 15.4 Å². The third kappa shape index (κ3) is 4.40. The molecule has 0 fully saturated rings. The molecule has 0 aliphatic carbocycles. The zero-order valence-electron chi connectivity index (χ0n) is 12.4. The number of hydrogen-bond acceptors (Lipinski definition) is 5. The summed E-state index contributed by atoms with van der Waals surface area (Å²) < 4.78 is 5.19. The number of ether oxygens (including phenoxy) is 1. The van der Waals surface area contributed by atoms with Crippen LogP contribution in [0.2, 0.25) is 0 Å². The molecule has 0 aliphatic heterocycles. The third-order valence-corrected chi connectivity index (χ3v) is 4.74. The molecule has 0 saturated carbocycles. The molecule has 0 radical (unpaired) electrons. The Morgan fingerprint density at radius 3 is 2.23 bits per heavy atom. The van der Waals surface area contributed by atoms with Gasteiger partial charge in [-0.05, 0) is 29.8 Å². The van der Waals surface area contributed by atoms with E-state index in [1.54, 1.807) is 19.2 Å². The summed E-state index contributed by atoms with van der Waals surface area (Å²) >= 11 is 2.75. The van der Waals surface area contributed by atoms with Crippen LogP contribution in [-0.2, 0) is 4.74 Å². The van der Waals surface area contributed by atoms with Crippen LogP contribution in [0.3, 0.4) is 0 Å². The van der Waals surface area contributed by atoms with Gasteiger partial charge in [0.15, 0.2) is 0 Å². The molecular formula is C15H18N2O3S2. The van der Waals surface area contributed by atoms with E-state index in [-0.39, 0.29) is 18.4 Å². The molecule has 7 heteroatoms. The first-order chi connectivity index (χ1) is 10.5. The molecule has 5 nitrogen and oxygen atoms in total. The van der Waals surface area contributed by atoms with Crippen LogP contribution in [0.5, 0.6) is 0 Å². The molecule has 0 saturated heterocycles. The Balaban J connectivity index is 1.98. The van der Waals surface area contributed by atoms with Crippen molar-refractivity contribution in [3.05, 3.63) is 44.8 Å². The van der Waals surface area contributed by atoms with Crippen LogP contribution in [0, 0.1) is 0 Å². The van der Waals surface area contributed by atoms with E-state index in [0.717, 1.165) is 0 Å². The van der Waals surface area contributed by atoms with Crippen molar-refractivity contribution < 1.29 is 14.3 Å². The van der Waals surface area contributed by atoms with Gasteiger partial charge in [0, 0.05) is 13.7 Å². The summed E-state index contributed by atoms with van der Waals surface area (Å²) in [5, 5.41) is 9.47. The summed E-state index contributed by atoms with van der Waals surface area (Å²) in [5.74, 6) is -0.317. The minimum Gasteiger partial charge on any atom is -0.382 e. The topological polar surface area (TPSA) is 67.4 Å². The van der Waals surface area contributed by atoms with Gasteiger partial charge in [0.2, 0.25) is 0 Å². The second-order valence-corrected chi connectivity index (χ2v) is 6.98. The van der Waals surface area contributed by atoms with Gasteiger partial charge in [0.05, 0.1) is 21.9 Å². The maximum absolute atomic E-state index is 12.2. The van der Waals surface area contributed by atoms with Crippen molar-refractivity contribution in [3.63, 3.8) is 0 Å². The van der Waals surface area contributed by atoms with Crippen LogP contribution in [-0.4, -0.2) is 37.6 Å². The number of hydrogen-bond donors (Lipinski definition) is 2. The predicted molar refractivity (Wildman–Crippen MR) is 88.7 cm³/mol. The molecular weight excluding hydrogens is 320 g/mol. The lowest BCUT2D eigenvalue weighted by molar-refractivity contribution is 0.0760. The summed E-state index contributed by atoms with van der Waals surface area (Å²) in [6.45, 7) is 2.43. The zero-order valence-corrected chi connectivity index (χ0v) is 14.1. The van der Waals surface area contributed by atoms with Crippen molar-refractivity contribution in [3.8, 4) is 0 Å². The average Bonchev–Trinajstić information content (AvgIpc) is 3.17. The lowest BCUT2D eigenvalue weighted by Gasteiger charge is -2.30. The van der Waals surface area contributed by atoms with Gasteiger partial charge in [0.1, 0.15) is 0 Å². The molecule has 118 valence electrons. The highest BCUT2D eigenvalue weighted by Gasteiger charge is 2.28. The number of carbonyl (C=O) groups excluding carboxylic acids is 2. The first-order valence-corrected chi connectivity index (χ1v) is 8.47. The lowest BCUT2D eigenvalue weighted by Crippen LogP contribution is -2.56. The first kappa shape index (κ1) is 16.7. The van der Waals surface area contributed by atoms with E-state index in [4.69, 9.17) is 4.74 Å². The molecule has 0 aliphatic rings. The van der Waals surface area contributed by atoms with Crippen molar-refractivity contribution >= 4 is 34.5 Å².